The number of halogens is 2. The number of carbonyl (C=O) groups excluding carboxylic acids is 1. The van der Waals surface area contributed by atoms with Crippen LogP contribution < -0.4 is 11.1 Å². The number of rotatable bonds is 4. The third-order valence-corrected chi connectivity index (χ3v) is 4.47. The van der Waals surface area contributed by atoms with E-state index in [0.29, 0.717) is 5.92 Å². The van der Waals surface area contributed by atoms with Crippen LogP contribution in [0.1, 0.15) is 38.2 Å². The Balaban J connectivity index is 0.00000200. The summed E-state index contributed by atoms with van der Waals surface area (Å²) in [6, 6.07) is 7.59. The Morgan fingerprint density at radius 3 is 2.45 bits per heavy atom. The minimum absolute atomic E-state index is 0. The van der Waals surface area contributed by atoms with Gasteiger partial charge >= 0.3 is 0 Å². The molecule has 2 rings (SSSR count). The molecular weight excluding hydrogens is 340 g/mol. The summed E-state index contributed by atoms with van der Waals surface area (Å²) >= 11 is 3.38. The second-order valence-corrected chi connectivity index (χ2v) is 6.49. The van der Waals surface area contributed by atoms with Crippen LogP contribution in [0.4, 0.5) is 0 Å². The summed E-state index contributed by atoms with van der Waals surface area (Å²) in [4.78, 5) is 12.3. The minimum atomic E-state index is -0.973. The lowest BCUT2D eigenvalue weighted by molar-refractivity contribution is -0.126. The van der Waals surface area contributed by atoms with Gasteiger partial charge in [-0.05, 0) is 43.4 Å². The van der Waals surface area contributed by atoms with E-state index in [9.17, 15) is 4.79 Å². The van der Waals surface area contributed by atoms with Gasteiger partial charge in [-0.3, -0.25) is 4.79 Å². The molecule has 0 radical (unpaired) electrons. The maximum Gasteiger partial charge on any atom is 0.244 e. The monoisotopic (exact) mass is 360 g/mol. The molecule has 0 aromatic heterocycles. The van der Waals surface area contributed by atoms with Crippen molar-refractivity contribution in [3.63, 3.8) is 0 Å². The van der Waals surface area contributed by atoms with Gasteiger partial charge in [0.15, 0.2) is 0 Å². The highest BCUT2D eigenvalue weighted by Gasteiger charge is 2.30. The fraction of sp³-hybridized carbons (Fsp3) is 0.533. The summed E-state index contributed by atoms with van der Waals surface area (Å²) in [5.74, 6) is 0.534. The highest BCUT2D eigenvalue weighted by Crippen LogP contribution is 2.25. The van der Waals surface area contributed by atoms with Crippen molar-refractivity contribution in [3.05, 3.63) is 34.3 Å². The van der Waals surface area contributed by atoms with Gasteiger partial charge < -0.3 is 11.1 Å². The summed E-state index contributed by atoms with van der Waals surface area (Å²) in [5.41, 5.74) is 6.05. The molecule has 3 nitrogen and oxygen atoms in total. The fourth-order valence-electron chi connectivity index (χ4n) is 2.56. The zero-order valence-corrected chi connectivity index (χ0v) is 14.1. The van der Waals surface area contributed by atoms with Crippen LogP contribution in [0.5, 0.6) is 0 Å². The van der Waals surface area contributed by atoms with E-state index in [2.05, 4.69) is 21.2 Å². The Labute approximate surface area is 135 Å². The van der Waals surface area contributed by atoms with E-state index in [4.69, 9.17) is 5.73 Å². The maximum atomic E-state index is 12.3. The molecule has 1 aliphatic rings. The van der Waals surface area contributed by atoms with Gasteiger partial charge in [-0.2, -0.15) is 0 Å². The number of benzene rings is 1. The Hall–Kier alpha value is -0.580. The molecule has 1 fully saturated rings. The number of carbonyl (C=O) groups is 1. The summed E-state index contributed by atoms with van der Waals surface area (Å²) in [6.45, 7) is 2.52. The van der Waals surface area contributed by atoms with Crippen molar-refractivity contribution in [2.24, 2.45) is 11.7 Å². The Morgan fingerprint density at radius 1 is 1.35 bits per heavy atom. The predicted molar refractivity (Wildman–Crippen MR) is 87.9 cm³/mol. The third kappa shape index (κ3) is 4.21. The van der Waals surface area contributed by atoms with E-state index in [-0.39, 0.29) is 18.3 Å². The van der Waals surface area contributed by atoms with Gasteiger partial charge in [0.25, 0.3) is 0 Å². The Bertz CT molecular complexity index is 442. The van der Waals surface area contributed by atoms with E-state index < -0.39 is 5.54 Å². The van der Waals surface area contributed by atoms with Crippen molar-refractivity contribution in [2.45, 2.75) is 38.1 Å². The Kier molecular flexibility index (Phi) is 6.49. The van der Waals surface area contributed by atoms with Crippen LogP contribution in [0.3, 0.4) is 0 Å². The molecule has 3 N–H and O–H groups in total. The highest BCUT2D eigenvalue weighted by atomic mass is 79.9. The molecule has 0 saturated heterocycles. The third-order valence-electron chi connectivity index (χ3n) is 3.94. The molecule has 1 unspecified atom stereocenters. The molecule has 0 heterocycles. The average Bonchev–Trinajstić information content (AvgIpc) is 2.89. The molecule has 1 aromatic rings. The van der Waals surface area contributed by atoms with E-state index in [1.807, 2.05) is 24.3 Å². The molecule has 0 spiro atoms. The van der Waals surface area contributed by atoms with Gasteiger partial charge in [0, 0.05) is 11.0 Å². The van der Waals surface area contributed by atoms with E-state index >= 15 is 0 Å². The number of nitrogens with two attached hydrogens (primary N) is 1. The first kappa shape index (κ1) is 17.5. The zero-order chi connectivity index (χ0) is 13.9. The van der Waals surface area contributed by atoms with Crippen LogP contribution in [-0.4, -0.2) is 12.5 Å². The quantitative estimate of drug-likeness (QED) is 0.864. The lowest BCUT2D eigenvalue weighted by Gasteiger charge is -2.25. The molecule has 0 aliphatic heterocycles. The largest absolute Gasteiger partial charge is 0.354 e. The van der Waals surface area contributed by atoms with Crippen LogP contribution >= 0.6 is 28.3 Å². The Morgan fingerprint density at radius 2 is 1.90 bits per heavy atom. The number of nitrogens with one attached hydrogen (secondary N) is 1. The van der Waals surface area contributed by atoms with Crippen molar-refractivity contribution in [1.82, 2.24) is 5.32 Å². The van der Waals surface area contributed by atoms with E-state index in [0.717, 1.165) is 16.6 Å². The lowest BCUT2D eigenvalue weighted by atomic mass is 9.92. The van der Waals surface area contributed by atoms with Crippen LogP contribution in [-0.2, 0) is 10.3 Å². The second-order valence-electron chi connectivity index (χ2n) is 5.57. The maximum absolute atomic E-state index is 12.3. The predicted octanol–water partition coefficient (Wildman–Crippen LogP) is 3.35. The molecule has 0 bridgehead atoms. The topological polar surface area (TPSA) is 55.1 Å². The first-order valence-corrected chi connectivity index (χ1v) is 7.62. The standard InChI is InChI=1S/C15H21BrN2O.ClH/c1-15(17,12-6-8-13(16)9-7-12)14(19)18-10-11-4-2-3-5-11;/h6-9,11H,2-5,10,17H2,1H3,(H,18,19);1H. The first-order chi connectivity index (χ1) is 9.00. The summed E-state index contributed by atoms with van der Waals surface area (Å²) in [7, 11) is 0. The molecule has 1 aromatic carbocycles. The van der Waals surface area contributed by atoms with Crippen molar-refractivity contribution >= 4 is 34.2 Å². The first-order valence-electron chi connectivity index (χ1n) is 6.83. The number of amides is 1. The molecule has 5 heteroatoms. The van der Waals surface area contributed by atoms with Crippen molar-refractivity contribution in [2.75, 3.05) is 6.54 Å². The normalized spacial score (nSPS) is 18.1. The molecule has 1 aliphatic carbocycles. The van der Waals surface area contributed by atoms with Crippen molar-refractivity contribution in [1.29, 1.82) is 0 Å². The highest BCUT2D eigenvalue weighted by molar-refractivity contribution is 9.10. The average molecular weight is 362 g/mol. The van der Waals surface area contributed by atoms with Crippen molar-refractivity contribution in [3.8, 4) is 0 Å². The van der Waals surface area contributed by atoms with Crippen LogP contribution in [0.2, 0.25) is 0 Å². The molecule has 112 valence electrons. The summed E-state index contributed by atoms with van der Waals surface area (Å²) < 4.78 is 0.985. The van der Waals surface area contributed by atoms with Gasteiger partial charge in [-0.25, -0.2) is 0 Å². The molecular formula is C15H22BrClN2O. The van der Waals surface area contributed by atoms with Gasteiger partial charge in [-0.15, -0.1) is 12.4 Å². The summed E-state index contributed by atoms with van der Waals surface area (Å²) in [6.07, 6.45) is 5.01. The summed E-state index contributed by atoms with van der Waals surface area (Å²) in [5, 5.41) is 3.00. The lowest BCUT2D eigenvalue weighted by Crippen LogP contribution is -2.49. The van der Waals surface area contributed by atoms with Crippen LogP contribution in [0.15, 0.2) is 28.7 Å². The van der Waals surface area contributed by atoms with Gasteiger partial charge in [-0.1, -0.05) is 40.9 Å². The van der Waals surface area contributed by atoms with E-state index in [1.54, 1.807) is 6.92 Å². The molecule has 1 atom stereocenters. The minimum Gasteiger partial charge on any atom is -0.354 e. The SMILES string of the molecule is CC(N)(C(=O)NCC1CCCC1)c1ccc(Br)cc1.Cl. The van der Waals surface area contributed by atoms with Gasteiger partial charge in [0.1, 0.15) is 5.54 Å². The smallest absolute Gasteiger partial charge is 0.244 e. The van der Waals surface area contributed by atoms with Crippen molar-refractivity contribution < 1.29 is 4.79 Å². The molecule has 1 amide bonds. The van der Waals surface area contributed by atoms with Gasteiger partial charge in [0.2, 0.25) is 5.91 Å². The van der Waals surface area contributed by atoms with Crippen LogP contribution in [0.25, 0.3) is 0 Å². The fourth-order valence-corrected chi connectivity index (χ4v) is 2.83. The zero-order valence-electron chi connectivity index (χ0n) is 11.7. The number of hydrogen-bond donors (Lipinski definition) is 2. The van der Waals surface area contributed by atoms with Crippen LogP contribution in [0, 0.1) is 5.92 Å². The van der Waals surface area contributed by atoms with Gasteiger partial charge in [0.05, 0.1) is 0 Å². The number of hydrogen-bond acceptors (Lipinski definition) is 2. The molecule has 20 heavy (non-hydrogen) atoms. The van der Waals surface area contributed by atoms with E-state index in [1.165, 1.54) is 25.7 Å². The second kappa shape index (κ2) is 7.43. The molecule has 1 saturated carbocycles.